The second-order valence-electron chi connectivity index (χ2n) is 17.1. The first-order valence-electron chi connectivity index (χ1n) is 23.3. The van der Waals surface area contributed by atoms with Crippen LogP contribution in [0.15, 0.2) is 97.3 Å². The summed E-state index contributed by atoms with van der Waals surface area (Å²) in [5.41, 5.74) is 2.59. The maximum Gasteiger partial charge on any atom is 0.0997 e. The average Bonchev–Trinajstić information content (AvgIpc) is 4.08. The number of benzene rings is 4. The summed E-state index contributed by atoms with van der Waals surface area (Å²) >= 11 is 3.93. The molecule has 0 amide bonds. The van der Waals surface area contributed by atoms with Crippen molar-refractivity contribution >= 4 is 76.8 Å². The molecule has 304 valence electrons. The van der Waals surface area contributed by atoms with Crippen LogP contribution in [0.3, 0.4) is 0 Å². The van der Waals surface area contributed by atoms with Gasteiger partial charge in [-0.05, 0) is 107 Å². The topological polar surface area (TPSA) is 9.86 Å². The van der Waals surface area contributed by atoms with E-state index in [9.17, 15) is 0 Å². The quantitative estimate of drug-likeness (QED) is 0.0425. The van der Waals surface area contributed by atoms with Crippen molar-refractivity contribution in [3.05, 3.63) is 107 Å². The van der Waals surface area contributed by atoms with Crippen molar-refractivity contribution in [2.24, 2.45) is 0 Å². The summed E-state index contributed by atoms with van der Waals surface area (Å²) in [5.74, 6) is 0. The van der Waals surface area contributed by atoms with E-state index < -0.39 is 0 Å². The zero-order chi connectivity index (χ0) is 39.5. The average molecular weight is 807 g/mol. The van der Waals surface area contributed by atoms with Gasteiger partial charge >= 0.3 is 0 Å². The summed E-state index contributed by atoms with van der Waals surface area (Å²) < 4.78 is 4.81. The normalized spacial score (nSPS) is 12.1. The van der Waals surface area contributed by atoms with Gasteiger partial charge in [0.1, 0.15) is 0 Å². The number of thiophene rings is 2. The summed E-state index contributed by atoms with van der Waals surface area (Å²) in [4.78, 5) is 3.03. The molecule has 2 nitrogen and oxygen atoms in total. The van der Waals surface area contributed by atoms with E-state index in [1.807, 2.05) is 22.7 Å². The smallest absolute Gasteiger partial charge is 0.0997 e. The molecule has 0 saturated heterocycles. The number of hydrogen-bond acceptors (Lipinski definition) is 2. The van der Waals surface area contributed by atoms with Crippen molar-refractivity contribution in [1.82, 2.24) is 9.13 Å². The fourth-order valence-electron chi connectivity index (χ4n) is 9.51. The Hall–Kier alpha value is -3.86. The number of aryl methyl sites for hydroxylation is 2. The molecule has 0 fully saturated rings. The fourth-order valence-corrected chi connectivity index (χ4v) is 11.6. The maximum absolute atomic E-state index is 2.40. The molecule has 4 heteroatoms. The van der Waals surface area contributed by atoms with Gasteiger partial charge in [-0.15, -0.1) is 22.7 Å². The monoisotopic (exact) mass is 806 g/mol. The van der Waals surface area contributed by atoms with Gasteiger partial charge in [0.15, 0.2) is 0 Å². The minimum Gasteiger partial charge on any atom is -0.308 e. The summed E-state index contributed by atoms with van der Waals surface area (Å²) in [6, 6.07) is 32.9. The highest BCUT2D eigenvalue weighted by Gasteiger charge is 2.14. The van der Waals surface area contributed by atoms with Crippen molar-refractivity contribution in [3.63, 3.8) is 0 Å². The lowest BCUT2D eigenvalue weighted by molar-refractivity contribution is 0.557. The highest BCUT2D eigenvalue weighted by molar-refractivity contribution is 7.14. The van der Waals surface area contributed by atoms with Crippen LogP contribution in [-0.2, 0) is 12.8 Å². The largest absolute Gasteiger partial charge is 0.308 e. The first-order valence-corrected chi connectivity index (χ1v) is 24.9. The van der Waals surface area contributed by atoms with E-state index >= 15 is 0 Å². The van der Waals surface area contributed by atoms with Crippen LogP contribution in [0.4, 0.5) is 0 Å². The van der Waals surface area contributed by atoms with Gasteiger partial charge in [0.2, 0.25) is 0 Å². The predicted molar refractivity (Wildman–Crippen MR) is 259 cm³/mol. The number of nitrogens with zero attached hydrogens (tertiary/aromatic N) is 2. The molecule has 8 aromatic rings. The molecule has 8 rings (SSSR count). The van der Waals surface area contributed by atoms with Gasteiger partial charge in [-0.1, -0.05) is 166 Å². The molecule has 0 atom stereocenters. The third kappa shape index (κ3) is 9.45. The Bertz CT molecular complexity index is 2350. The number of unbranched alkanes of at least 4 members (excludes halogenated alkanes) is 18. The maximum atomic E-state index is 2.40. The van der Waals surface area contributed by atoms with Crippen molar-refractivity contribution in [2.45, 2.75) is 155 Å². The van der Waals surface area contributed by atoms with E-state index in [1.165, 1.54) is 215 Å². The molecule has 58 heavy (non-hydrogen) atoms. The number of aromatic nitrogens is 2. The highest BCUT2D eigenvalue weighted by atomic mass is 32.1. The lowest BCUT2D eigenvalue weighted by Gasteiger charge is -2.11. The Labute approximate surface area is 356 Å². The van der Waals surface area contributed by atoms with Crippen molar-refractivity contribution in [2.75, 3.05) is 0 Å². The molecule has 0 saturated carbocycles. The van der Waals surface area contributed by atoms with E-state index in [1.54, 1.807) is 0 Å². The van der Waals surface area contributed by atoms with E-state index in [0.29, 0.717) is 0 Å². The third-order valence-electron chi connectivity index (χ3n) is 12.9. The number of rotatable bonds is 24. The second kappa shape index (κ2) is 20.4. The summed E-state index contributed by atoms with van der Waals surface area (Å²) in [5, 5.41) is 13.3. The number of hydrogen-bond donors (Lipinski definition) is 0. The van der Waals surface area contributed by atoms with Crippen LogP contribution >= 0.6 is 22.7 Å². The molecule has 4 heterocycles. The highest BCUT2D eigenvalue weighted by Crippen LogP contribution is 2.39. The van der Waals surface area contributed by atoms with Crippen LogP contribution in [0.25, 0.3) is 64.1 Å². The van der Waals surface area contributed by atoms with Crippen LogP contribution < -0.4 is 0 Å². The molecule has 4 aromatic carbocycles. The standard InChI is InChI=1S/C54H66N2S2/c1-3-5-7-9-11-13-15-17-19-21-23-41-25-35-53(57-41)55-39-37-49-47-29-27-44-43(45(47)31-33-51(49)55)28-30-48-46(44)32-34-52-50(48)38-40-56(52)54-36-26-42(58-54)24-22-20-18-16-14-12-10-8-6-4-2/h25-40H,3-24H2,1-2H3. The Kier molecular flexibility index (Phi) is 14.4. The van der Waals surface area contributed by atoms with Gasteiger partial charge in [0, 0.05) is 32.9 Å². The zero-order valence-electron chi connectivity index (χ0n) is 35.5. The molecule has 0 bridgehead atoms. The van der Waals surface area contributed by atoms with Gasteiger partial charge in [-0.3, -0.25) is 0 Å². The van der Waals surface area contributed by atoms with Crippen molar-refractivity contribution < 1.29 is 0 Å². The first-order chi connectivity index (χ1) is 28.7. The first kappa shape index (κ1) is 40.9. The van der Waals surface area contributed by atoms with E-state index in [-0.39, 0.29) is 0 Å². The predicted octanol–water partition coefficient (Wildman–Crippen LogP) is 18.1. The van der Waals surface area contributed by atoms with Crippen LogP contribution in [-0.4, -0.2) is 9.13 Å². The van der Waals surface area contributed by atoms with E-state index in [2.05, 4.69) is 120 Å². The van der Waals surface area contributed by atoms with Crippen molar-refractivity contribution in [1.29, 1.82) is 0 Å². The zero-order valence-corrected chi connectivity index (χ0v) is 37.1. The molecular formula is C54H66N2S2. The fraction of sp³-hybridized carbons (Fsp3) is 0.444. The van der Waals surface area contributed by atoms with Gasteiger partial charge < -0.3 is 9.13 Å². The number of fused-ring (bicyclic) bond motifs is 9. The van der Waals surface area contributed by atoms with Crippen LogP contribution in [0.5, 0.6) is 0 Å². The minimum atomic E-state index is 1.20. The molecule has 0 spiro atoms. The van der Waals surface area contributed by atoms with Crippen LogP contribution in [0.1, 0.15) is 152 Å². The minimum absolute atomic E-state index is 1.20. The van der Waals surface area contributed by atoms with Crippen molar-refractivity contribution in [3.8, 4) is 10.0 Å². The molecule has 0 aliphatic carbocycles. The van der Waals surface area contributed by atoms with Gasteiger partial charge in [0.05, 0.1) is 21.0 Å². The van der Waals surface area contributed by atoms with Crippen LogP contribution in [0, 0.1) is 0 Å². The van der Waals surface area contributed by atoms with Gasteiger partial charge in [0.25, 0.3) is 0 Å². The molecule has 0 unspecified atom stereocenters. The Morgan fingerprint density at radius 1 is 0.310 bits per heavy atom. The van der Waals surface area contributed by atoms with Gasteiger partial charge in [-0.2, -0.15) is 0 Å². The van der Waals surface area contributed by atoms with E-state index in [4.69, 9.17) is 0 Å². The summed E-state index contributed by atoms with van der Waals surface area (Å²) in [6.07, 6.45) is 34.8. The molecule has 0 aliphatic heterocycles. The van der Waals surface area contributed by atoms with Gasteiger partial charge in [-0.25, -0.2) is 0 Å². The summed E-state index contributed by atoms with van der Waals surface area (Å²) in [6.45, 7) is 4.60. The molecular weight excluding hydrogens is 741 g/mol. The lowest BCUT2D eigenvalue weighted by atomic mass is 9.94. The Morgan fingerprint density at radius 2 is 0.621 bits per heavy atom. The Morgan fingerprint density at radius 3 is 0.983 bits per heavy atom. The Balaban J connectivity index is 0.914. The molecule has 4 aromatic heterocycles. The van der Waals surface area contributed by atoms with Crippen LogP contribution in [0.2, 0.25) is 0 Å². The lowest BCUT2D eigenvalue weighted by Crippen LogP contribution is -1.89. The van der Waals surface area contributed by atoms with E-state index in [0.717, 1.165) is 0 Å². The molecule has 0 aliphatic rings. The molecule has 0 N–H and O–H groups in total. The third-order valence-corrected chi connectivity index (χ3v) is 15.1. The molecule has 0 radical (unpaired) electrons. The summed E-state index contributed by atoms with van der Waals surface area (Å²) in [7, 11) is 0. The SMILES string of the molecule is CCCCCCCCCCCCc1ccc(-n2ccc3c4ccc5c(ccc6c5ccc5c6ccn5-c5ccc(CCCCCCCCCCCC)s5)c4ccc32)s1. The second-order valence-corrected chi connectivity index (χ2v) is 19.4.